The second-order valence-electron chi connectivity index (χ2n) is 13.6. The molecule has 53 heavy (non-hydrogen) atoms. The summed E-state index contributed by atoms with van der Waals surface area (Å²) in [7, 11) is 0. The molecule has 0 amide bonds. The Hall–Kier alpha value is -7.17. The first-order valence-corrected chi connectivity index (χ1v) is 17.9. The molecule has 0 fully saturated rings. The SMILES string of the molecule is c1ccc(-c2ccc(-c3nc(-c4ccccc4)nc(-c4ccc5c(c4)c4ccccc4c4ccc6c7ccc8ccccc8c7oc6c45)n3)cc2)cc1. The van der Waals surface area contributed by atoms with Gasteiger partial charge in [0.1, 0.15) is 11.2 Å². The Morgan fingerprint density at radius 1 is 0.283 bits per heavy atom. The Balaban J connectivity index is 1.14. The molecule has 0 radical (unpaired) electrons. The summed E-state index contributed by atoms with van der Waals surface area (Å²) in [5, 5.41) is 11.4. The molecule has 2 heterocycles. The molecule has 11 rings (SSSR count). The highest BCUT2D eigenvalue weighted by Crippen LogP contribution is 2.44. The van der Waals surface area contributed by atoms with Crippen molar-refractivity contribution in [1.82, 2.24) is 15.0 Å². The Morgan fingerprint density at radius 2 is 0.736 bits per heavy atom. The molecule has 0 saturated heterocycles. The molecule has 9 aromatic carbocycles. The quantitative estimate of drug-likeness (QED) is 0.174. The standard InChI is InChI=1S/C49H29N3O/c1-3-11-30(12-4-1)31-19-21-34(22-20-31)48-50-47(33-14-5-2-6-15-33)51-49(52-48)35-24-25-40-43(29-35)38-18-10-9-17-37(38)39-27-28-42-41-26-23-32-13-7-8-16-36(32)45(41)53-46(42)44(39)40/h1-29H. The molecule has 0 aliphatic carbocycles. The maximum atomic E-state index is 6.88. The van der Waals surface area contributed by atoms with Gasteiger partial charge in [0.05, 0.1) is 0 Å². The fraction of sp³-hybridized carbons (Fsp3) is 0. The lowest BCUT2D eigenvalue weighted by Crippen LogP contribution is -2.00. The minimum absolute atomic E-state index is 0.625. The number of benzene rings is 9. The van der Waals surface area contributed by atoms with E-state index < -0.39 is 0 Å². The van der Waals surface area contributed by atoms with E-state index >= 15 is 0 Å². The molecular formula is C49H29N3O. The van der Waals surface area contributed by atoms with Crippen LogP contribution in [0.15, 0.2) is 180 Å². The summed E-state index contributed by atoms with van der Waals surface area (Å²) in [5.74, 6) is 1.89. The van der Waals surface area contributed by atoms with Crippen LogP contribution < -0.4 is 0 Å². The van der Waals surface area contributed by atoms with Crippen LogP contribution >= 0.6 is 0 Å². The van der Waals surface area contributed by atoms with E-state index in [1.807, 2.05) is 36.4 Å². The molecule has 0 bridgehead atoms. The Bertz CT molecular complexity index is 3200. The monoisotopic (exact) mass is 675 g/mol. The lowest BCUT2D eigenvalue weighted by Gasteiger charge is -2.13. The van der Waals surface area contributed by atoms with Crippen molar-refractivity contribution in [3.8, 4) is 45.3 Å². The van der Waals surface area contributed by atoms with Crippen LogP contribution in [0.2, 0.25) is 0 Å². The van der Waals surface area contributed by atoms with Crippen molar-refractivity contribution in [3.63, 3.8) is 0 Å². The molecule has 0 atom stereocenters. The first kappa shape index (κ1) is 29.5. The van der Waals surface area contributed by atoms with E-state index in [9.17, 15) is 0 Å². The first-order chi connectivity index (χ1) is 26.3. The number of rotatable bonds is 4. The number of furan rings is 1. The minimum Gasteiger partial charge on any atom is -0.455 e. The van der Waals surface area contributed by atoms with E-state index in [1.165, 1.54) is 27.1 Å². The number of fused-ring (bicyclic) bond motifs is 12. The average Bonchev–Trinajstić information content (AvgIpc) is 3.63. The number of hydrogen-bond acceptors (Lipinski definition) is 4. The van der Waals surface area contributed by atoms with Gasteiger partial charge < -0.3 is 4.42 Å². The zero-order chi connectivity index (χ0) is 34.9. The van der Waals surface area contributed by atoms with E-state index in [0.29, 0.717) is 17.5 Å². The smallest absolute Gasteiger partial charge is 0.164 e. The molecule has 246 valence electrons. The van der Waals surface area contributed by atoms with Crippen molar-refractivity contribution in [2.75, 3.05) is 0 Å². The second-order valence-corrected chi connectivity index (χ2v) is 13.6. The summed E-state index contributed by atoms with van der Waals surface area (Å²) in [6.07, 6.45) is 0. The summed E-state index contributed by atoms with van der Waals surface area (Å²) in [5.41, 5.74) is 6.94. The van der Waals surface area contributed by atoms with Crippen LogP contribution in [0, 0.1) is 0 Å². The average molecular weight is 676 g/mol. The van der Waals surface area contributed by atoms with E-state index in [4.69, 9.17) is 19.4 Å². The predicted molar refractivity (Wildman–Crippen MR) is 219 cm³/mol. The largest absolute Gasteiger partial charge is 0.455 e. The number of aromatic nitrogens is 3. The van der Waals surface area contributed by atoms with Gasteiger partial charge in [-0.15, -0.1) is 0 Å². The summed E-state index contributed by atoms with van der Waals surface area (Å²) >= 11 is 0. The van der Waals surface area contributed by atoms with E-state index in [-0.39, 0.29) is 0 Å². The molecule has 0 aliphatic heterocycles. The van der Waals surface area contributed by atoms with Crippen molar-refractivity contribution >= 4 is 65.0 Å². The third-order valence-corrected chi connectivity index (χ3v) is 10.5. The van der Waals surface area contributed by atoms with Crippen molar-refractivity contribution in [1.29, 1.82) is 0 Å². The van der Waals surface area contributed by atoms with Gasteiger partial charge in [-0.3, -0.25) is 0 Å². The van der Waals surface area contributed by atoms with Gasteiger partial charge in [0.15, 0.2) is 17.5 Å². The highest BCUT2D eigenvalue weighted by atomic mass is 16.3. The molecule has 0 spiro atoms. The van der Waals surface area contributed by atoms with Crippen LogP contribution in [0.5, 0.6) is 0 Å². The van der Waals surface area contributed by atoms with Crippen molar-refractivity contribution in [2.45, 2.75) is 0 Å². The molecule has 2 aromatic heterocycles. The van der Waals surface area contributed by atoms with Gasteiger partial charge in [-0.25, -0.2) is 15.0 Å². The van der Waals surface area contributed by atoms with Gasteiger partial charge in [0, 0.05) is 38.2 Å². The number of hydrogen-bond donors (Lipinski definition) is 0. The zero-order valence-corrected chi connectivity index (χ0v) is 28.5. The Kier molecular flexibility index (Phi) is 6.52. The van der Waals surface area contributed by atoms with Gasteiger partial charge in [0.2, 0.25) is 0 Å². The second kappa shape index (κ2) is 11.7. The van der Waals surface area contributed by atoms with Crippen LogP contribution in [0.1, 0.15) is 0 Å². The summed E-state index contributed by atoms with van der Waals surface area (Å²) in [4.78, 5) is 15.2. The van der Waals surface area contributed by atoms with Crippen LogP contribution in [0.3, 0.4) is 0 Å². The van der Waals surface area contributed by atoms with Crippen LogP contribution in [0.4, 0.5) is 0 Å². The maximum Gasteiger partial charge on any atom is 0.164 e. The lowest BCUT2D eigenvalue weighted by atomic mass is 9.92. The Labute approximate surface area is 304 Å². The number of nitrogens with zero attached hydrogens (tertiary/aromatic N) is 3. The highest BCUT2D eigenvalue weighted by Gasteiger charge is 2.19. The molecule has 4 heteroatoms. The molecule has 11 aromatic rings. The van der Waals surface area contributed by atoms with Gasteiger partial charge in [0.25, 0.3) is 0 Å². The zero-order valence-electron chi connectivity index (χ0n) is 28.5. The van der Waals surface area contributed by atoms with Gasteiger partial charge in [-0.2, -0.15) is 0 Å². The van der Waals surface area contributed by atoms with Crippen LogP contribution in [-0.4, -0.2) is 15.0 Å². The van der Waals surface area contributed by atoms with E-state index in [1.54, 1.807) is 0 Å². The topological polar surface area (TPSA) is 51.8 Å². The fourth-order valence-electron chi connectivity index (χ4n) is 7.93. The molecule has 0 N–H and O–H groups in total. The summed E-state index contributed by atoms with van der Waals surface area (Å²) in [6, 6.07) is 61.5. The third kappa shape index (κ3) is 4.73. The molecule has 0 aliphatic rings. The van der Waals surface area contributed by atoms with Gasteiger partial charge in [-0.1, -0.05) is 158 Å². The molecular weight excluding hydrogens is 647 g/mol. The molecule has 0 saturated carbocycles. The molecule has 4 nitrogen and oxygen atoms in total. The summed E-state index contributed by atoms with van der Waals surface area (Å²) < 4.78 is 6.88. The van der Waals surface area contributed by atoms with Crippen LogP contribution in [-0.2, 0) is 0 Å². The predicted octanol–water partition coefficient (Wildman–Crippen LogP) is 13.1. The minimum atomic E-state index is 0.625. The Morgan fingerprint density at radius 3 is 1.47 bits per heavy atom. The van der Waals surface area contributed by atoms with E-state index in [2.05, 4.69) is 140 Å². The third-order valence-electron chi connectivity index (χ3n) is 10.5. The van der Waals surface area contributed by atoms with Gasteiger partial charge >= 0.3 is 0 Å². The normalized spacial score (nSPS) is 11.8. The first-order valence-electron chi connectivity index (χ1n) is 17.9. The molecule has 0 unspecified atom stereocenters. The van der Waals surface area contributed by atoms with Crippen molar-refractivity contribution in [2.24, 2.45) is 0 Å². The summed E-state index contributed by atoms with van der Waals surface area (Å²) in [6.45, 7) is 0. The van der Waals surface area contributed by atoms with Gasteiger partial charge in [-0.05, 0) is 61.6 Å². The lowest BCUT2D eigenvalue weighted by molar-refractivity contribution is 0.677. The van der Waals surface area contributed by atoms with Crippen LogP contribution in [0.25, 0.3) is 110 Å². The van der Waals surface area contributed by atoms with Crippen molar-refractivity contribution in [3.05, 3.63) is 176 Å². The fourth-order valence-corrected chi connectivity index (χ4v) is 7.93. The maximum absolute atomic E-state index is 6.88. The highest BCUT2D eigenvalue weighted by molar-refractivity contribution is 6.33. The van der Waals surface area contributed by atoms with E-state index in [0.717, 1.165) is 65.7 Å². The van der Waals surface area contributed by atoms with Crippen molar-refractivity contribution < 1.29 is 4.42 Å².